The smallest absolute Gasteiger partial charge is 0.106 e. The van der Waals surface area contributed by atoms with E-state index in [0.717, 1.165) is 24.5 Å². The average Bonchev–Trinajstić information content (AvgIpc) is 2.06. The molecule has 1 nitrogen and oxygen atoms in total. The number of rotatable bonds is 0. The van der Waals surface area contributed by atoms with Crippen molar-refractivity contribution in [2.45, 2.75) is 0 Å². The molecule has 0 fully saturated rings. The Bertz CT molecular complexity index is 468. The molecule has 0 unspecified atom stereocenters. The Morgan fingerprint density at radius 2 is 1.77 bits per heavy atom. The zero-order valence-electron chi connectivity index (χ0n) is 6.39. The van der Waals surface area contributed by atoms with Crippen molar-refractivity contribution in [3.63, 3.8) is 0 Å². The first kappa shape index (κ1) is 9.62. The maximum absolute atomic E-state index is 4.37. The van der Waals surface area contributed by atoms with E-state index in [4.69, 9.17) is 0 Å². The first-order valence-corrected chi connectivity index (χ1v) is 5.96. The molecule has 0 atom stereocenters. The van der Waals surface area contributed by atoms with Crippen molar-refractivity contribution in [1.82, 2.24) is 4.98 Å². The van der Waals surface area contributed by atoms with Crippen LogP contribution < -0.4 is 0 Å². The van der Waals surface area contributed by atoms with Crippen LogP contribution in [0.5, 0.6) is 0 Å². The summed E-state index contributed by atoms with van der Waals surface area (Å²) in [6.07, 6.45) is 0. The van der Waals surface area contributed by atoms with E-state index in [9.17, 15) is 0 Å². The molecule has 2 rings (SSSR count). The van der Waals surface area contributed by atoms with Crippen molar-refractivity contribution in [2.24, 2.45) is 0 Å². The highest BCUT2D eigenvalue weighted by Crippen LogP contribution is 2.27. The highest BCUT2D eigenvalue weighted by Gasteiger charge is 2.02. The predicted molar refractivity (Wildman–Crippen MR) is 64.8 cm³/mol. The lowest BCUT2D eigenvalue weighted by molar-refractivity contribution is 1.34. The molecule has 1 aromatic heterocycles. The van der Waals surface area contributed by atoms with Gasteiger partial charge in [-0.05, 0) is 50.1 Å². The van der Waals surface area contributed by atoms with Gasteiger partial charge in [-0.3, -0.25) is 0 Å². The molecule has 0 aliphatic heterocycles. The molecule has 1 heterocycles. The van der Waals surface area contributed by atoms with Gasteiger partial charge >= 0.3 is 0 Å². The van der Waals surface area contributed by atoms with Gasteiger partial charge in [0.1, 0.15) is 4.60 Å². The average molecular weight is 366 g/mol. The Labute approximate surface area is 101 Å². The van der Waals surface area contributed by atoms with Crippen molar-refractivity contribution in [3.8, 4) is 0 Å². The van der Waals surface area contributed by atoms with Crippen LogP contribution in [0.15, 0.2) is 37.8 Å². The molecule has 4 heteroatoms. The van der Waals surface area contributed by atoms with E-state index in [1.54, 1.807) is 0 Å². The molecule has 0 saturated heterocycles. The second kappa shape index (κ2) is 3.67. The topological polar surface area (TPSA) is 12.9 Å². The number of benzene rings is 1. The van der Waals surface area contributed by atoms with Crippen molar-refractivity contribution >= 4 is 58.7 Å². The van der Waals surface area contributed by atoms with Gasteiger partial charge in [-0.25, -0.2) is 4.98 Å². The SMILES string of the molecule is Brc1cc(Br)c2nc(Br)ccc2c1. The van der Waals surface area contributed by atoms with E-state index in [2.05, 4.69) is 52.8 Å². The highest BCUT2D eigenvalue weighted by molar-refractivity contribution is 9.11. The zero-order chi connectivity index (χ0) is 9.42. The van der Waals surface area contributed by atoms with Crippen LogP contribution >= 0.6 is 47.8 Å². The summed E-state index contributed by atoms with van der Waals surface area (Å²) in [5.74, 6) is 0. The van der Waals surface area contributed by atoms with Gasteiger partial charge in [-0.1, -0.05) is 22.0 Å². The van der Waals surface area contributed by atoms with E-state index in [0.29, 0.717) is 0 Å². The van der Waals surface area contributed by atoms with E-state index < -0.39 is 0 Å². The Morgan fingerprint density at radius 3 is 2.54 bits per heavy atom. The highest BCUT2D eigenvalue weighted by atomic mass is 79.9. The standard InChI is InChI=1S/C9H4Br3N/c10-6-3-5-1-2-8(12)13-9(5)7(11)4-6/h1-4H. The van der Waals surface area contributed by atoms with Gasteiger partial charge in [0.2, 0.25) is 0 Å². The summed E-state index contributed by atoms with van der Waals surface area (Å²) in [5.41, 5.74) is 0.970. The molecule has 0 aliphatic rings. The summed E-state index contributed by atoms with van der Waals surface area (Å²) in [7, 11) is 0. The zero-order valence-corrected chi connectivity index (χ0v) is 11.1. The minimum Gasteiger partial charge on any atom is -0.240 e. The van der Waals surface area contributed by atoms with Crippen molar-refractivity contribution < 1.29 is 0 Å². The molecule has 1 aromatic carbocycles. The number of aromatic nitrogens is 1. The molecule has 0 saturated carbocycles. The lowest BCUT2D eigenvalue weighted by atomic mass is 10.2. The van der Waals surface area contributed by atoms with Crippen LogP contribution in [-0.4, -0.2) is 4.98 Å². The van der Waals surface area contributed by atoms with Crippen LogP contribution in [0.25, 0.3) is 10.9 Å². The number of nitrogens with zero attached hydrogens (tertiary/aromatic N) is 1. The molecule has 0 aliphatic carbocycles. The minimum atomic E-state index is 0.850. The summed E-state index contributed by atoms with van der Waals surface area (Å²) in [6.45, 7) is 0. The maximum Gasteiger partial charge on any atom is 0.106 e. The quantitative estimate of drug-likeness (QED) is 0.625. The third kappa shape index (κ3) is 1.95. The number of hydrogen-bond acceptors (Lipinski definition) is 1. The number of fused-ring (bicyclic) bond motifs is 1. The van der Waals surface area contributed by atoms with E-state index >= 15 is 0 Å². The fraction of sp³-hybridized carbons (Fsp3) is 0. The monoisotopic (exact) mass is 363 g/mol. The molecule has 0 bridgehead atoms. The number of pyridine rings is 1. The summed E-state index contributed by atoms with van der Waals surface area (Å²) >= 11 is 10.2. The van der Waals surface area contributed by atoms with Gasteiger partial charge in [-0.2, -0.15) is 0 Å². The van der Waals surface area contributed by atoms with Gasteiger partial charge in [0.05, 0.1) is 5.52 Å². The van der Waals surface area contributed by atoms with E-state index in [1.807, 2.05) is 24.3 Å². The van der Waals surface area contributed by atoms with Crippen molar-refractivity contribution in [2.75, 3.05) is 0 Å². The Hall–Kier alpha value is 0.0700. The molecule has 13 heavy (non-hydrogen) atoms. The molecule has 0 amide bonds. The normalized spacial score (nSPS) is 10.7. The van der Waals surface area contributed by atoms with Crippen molar-refractivity contribution in [3.05, 3.63) is 37.8 Å². The number of hydrogen-bond donors (Lipinski definition) is 0. The molecule has 0 radical (unpaired) electrons. The van der Waals surface area contributed by atoms with E-state index in [-0.39, 0.29) is 0 Å². The Kier molecular flexibility index (Phi) is 2.72. The van der Waals surface area contributed by atoms with Crippen LogP contribution in [0, 0.1) is 0 Å². The van der Waals surface area contributed by atoms with Gasteiger partial charge in [0.25, 0.3) is 0 Å². The van der Waals surface area contributed by atoms with Crippen LogP contribution in [0.4, 0.5) is 0 Å². The second-order valence-electron chi connectivity index (χ2n) is 2.59. The summed E-state index contributed by atoms with van der Waals surface area (Å²) in [4.78, 5) is 4.37. The lowest BCUT2D eigenvalue weighted by Gasteiger charge is -2.01. The first-order chi connectivity index (χ1) is 6.16. The van der Waals surface area contributed by atoms with Crippen molar-refractivity contribution in [1.29, 1.82) is 0 Å². The second-order valence-corrected chi connectivity index (χ2v) is 5.18. The van der Waals surface area contributed by atoms with Gasteiger partial charge in [0, 0.05) is 14.3 Å². The molecular weight excluding hydrogens is 362 g/mol. The fourth-order valence-corrected chi connectivity index (χ4v) is 2.79. The summed E-state index contributed by atoms with van der Waals surface area (Å²) in [5, 5.41) is 1.12. The van der Waals surface area contributed by atoms with Gasteiger partial charge in [0.15, 0.2) is 0 Å². The largest absolute Gasteiger partial charge is 0.240 e. The molecule has 0 N–H and O–H groups in total. The Balaban J connectivity index is 2.87. The lowest BCUT2D eigenvalue weighted by Crippen LogP contribution is -1.81. The van der Waals surface area contributed by atoms with E-state index in [1.165, 1.54) is 0 Å². The Morgan fingerprint density at radius 1 is 1.00 bits per heavy atom. The molecule has 66 valence electrons. The third-order valence-electron chi connectivity index (χ3n) is 1.68. The fourth-order valence-electron chi connectivity index (χ4n) is 1.13. The summed E-state index contributed by atoms with van der Waals surface area (Å²) < 4.78 is 2.90. The van der Waals surface area contributed by atoms with Crippen LogP contribution in [-0.2, 0) is 0 Å². The molecule has 2 aromatic rings. The maximum atomic E-state index is 4.37. The van der Waals surface area contributed by atoms with Crippen LogP contribution in [0.3, 0.4) is 0 Å². The van der Waals surface area contributed by atoms with Gasteiger partial charge < -0.3 is 0 Å². The number of halogens is 3. The minimum absolute atomic E-state index is 0.850. The van der Waals surface area contributed by atoms with Crippen LogP contribution in [0.1, 0.15) is 0 Å². The third-order valence-corrected chi connectivity index (χ3v) is 3.18. The predicted octanol–water partition coefficient (Wildman–Crippen LogP) is 4.52. The molecular formula is C9H4Br3N. The van der Waals surface area contributed by atoms with Crippen LogP contribution in [0.2, 0.25) is 0 Å². The molecule has 0 spiro atoms. The summed E-state index contributed by atoms with van der Waals surface area (Å²) in [6, 6.07) is 7.99. The first-order valence-electron chi connectivity index (χ1n) is 3.58. The van der Waals surface area contributed by atoms with Gasteiger partial charge in [-0.15, -0.1) is 0 Å².